The first-order valence-electron chi connectivity index (χ1n) is 9.34. The molecule has 2 aromatic carbocycles. The number of guanidine groups is 1. The van der Waals surface area contributed by atoms with E-state index in [0.717, 1.165) is 11.1 Å². The molecule has 0 aliphatic carbocycles. The molecule has 6 nitrogen and oxygen atoms in total. The van der Waals surface area contributed by atoms with E-state index < -0.39 is 0 Å². The average molecular weight is 403 g/mol. The number of ether oxygens (including phenoxy) is 3. The number of hydrogen-bond acceptors (Lipinski definition) is 4. The van der Waals surface area contributed by atoms with Crippen molar-refractivity contribution in [2.45, 2.75) is 25.8 Å². The molecule has 0 saturated heterocycles. The molecular formula is C22H30FN3O3. The standard InChI is InChI=1S/C22H30FN3O3/c1-22(2,16-8-7-9-17(23)12-16)14-26-21(24-3)25-13-15-10-11-18(27-4)20(29-6)19(15)28-5/h7-12H,13-14H2,1-6H3,(H2,24,25,26). The number of benzene rings is 2. The maximum atomic E-state index is 13.6. The molecule has 2 aromatic rings. The van der Waals surface area contributed by atoms with Crippen LogP contribution in [0.2, 0.25) is 0 Å². The lowest BCUT2D eigenvalue weighted by atomic mass is 9.84. The molecule has 29 heavy (non-hydrogen) atoms. The van der Waals surface area contributed by atoms with E-state index in [0.29, 0.717) is 36.3 Å². The maximum absolute atomic E-state index is 13.6. The topological polar surface area (TPSA) is 64.1 Å². The van der Waals surface area contributed by atoms with Gasteiger partial charge in [0.2, 0.25) is 5.75 Å². The zero-order chi connectivity index (χ0) is 21.4. The molecule has 0 aliphatic heterocycles. The number of hydrogen-bond donors (Lipinski definition) is 2. The number of rotatable bonds is 8. The van der Waals surface area contributed by atoms with Crippen molar-refractivity contribution in [3.63, 3.8) is 0 Å². The zero-order valence-corrected chi connectivity index (χ0v) is 17.9. The predicted molar refractivity (Wildman–Crippen MR) is 114 cm³/mol. The van der Waals surface area contributed by atoms with Crippen LogP contribution in [0.5, 0.6) is 17.2 Å². The smallest absolute Gasteiger partial charge is 0.203 e. The molecule has 0 spiro atoms. The van der Waals surface area contributed by atoms with Gasteiger partial charge in [0, 0.05) is 31.1 Å². The van der Waals surface area contributed by atoms with Crippen LogP contribution in [-0.2, 0) is 12.0 Å². The maximum Gasteiger partial charge on any atom is 0.203 e. The van der Waals surface area contributed by atoms with Crippen LogP contribution in [0.1, 0.15) is 25.0 Å². The largest absolute Gasteiger partial charge is 0.493 e. The van der Waals surface area contributed by atoms with Crippen molar-refractivity contribution in [3.05, 3.63) is 53.3 Å². The molecular weight excluding hydrogens is 373 g/mol. The molecule has 0 bridgehead atoms. The highest BCUT2D eigenvalue weighted by atomic mass is 19.1. The van der Waals surface area contributed by atoms with Crippen molar-refractivity contribution in [3.8, 4) is 17.2 Å². The van der Waals surface area contributed by atoms with E-state index in [2.05, 4.69) is 29.5 Å². The Morgan fingerprint density at radius 2 is 1.72 bits per heavy atom. The molecule has 0 atom stereocenters. The van der Waals surface area contributed by atoms with Gasteiger partial charge in [-0.1, -0.05) is 26.0 Å². The molecule has 7 heteroatoms. The summed E-state index contributed by atoms with van der Waals surface area (Å²) in [6.07, 6.45) is 0. The van der Waals surface area contributed by atoms with E-state index in [9.17, 15) is 4.39 Å². The van der Waals surface area contributed by atoms with Crippen molar-refractivity contribution in [1.82, 2.24) is 10.6 Å². The van der Waals surface area contributed by atoms with Gasteiger partial charge in [0.1, 0.15) is 5.82 Å². The Bertz CT molecular complexity index is 853. The Morgan fingerprint density at radius 1 is 1.00 bits per heavy atom. The molecule has 0 saturated carbocycles. The zero-order valence-electron chi connectivity index (χ0n) is 17.9. The molecule has 2 N–H and O–H groups in total. The van der Waals surface area contributed by atoms with E-state index in [1.807, 2.05) is 18.2 Å². The summed E-state index contributed by atoms with van der Waals surface area (Å²) < 4.78 is 29.8. The van der Waals surface area contributed by atoms with Crippen LogP contribution in [0.4, 0.5) is 4.39 Å². The van der Waals surface area contributed by atoms with E-state index in [4.69, 9.17) is 14.2 Å². The van der Waals surface area contributed by atoms with Gasteiger partial charge in [-0.2, -0.15) is 0 Å². The summed E-state index contributed by atoms with van der Waals surface area (Å²) in [6.45, 7) is 5.17. The lowest BCUT2D eigenvalue weighted by Crippen LogP contribution is -2.43. The highest BCUT2D eigenvalue weighted by Crippen LogP contribution is 2.39. The fourth-order valence-corrected chi connectivity index (χ4v) is 3.02. The fourth-order valence-electron chi connectivity index (χ4n) is 3.02. The Kier molecular flexibility index (Phi) is 7.70. The van der Waals surface area contributed by atoms with Gasteiger partial charge in [-0.15, -0.1) is 0 Å². The molecule has 0 aliphatic rings. The predicted octanol–water partition coefficient (Wildman–Crippen LogP) is 3.49. The molecule has 0 unspecified atom stereocenters. The van der Waals surface area contributed by atoms with Crippen LogP contribution in [-0.4, -0.2) is 40.9 Å². The van der Waals surface area contributed by atoms with Crippen LogP contribution < -0.4 is 24.8 Å². The van der Waals surface area contributed by atoms with Crippen LogP contribution in [0.25, 0.3) is 0 Å². The van der Waals surface area contributed by atoms with Crippen molar-refractivity contribution in [2.24, 2.45) is 4.99 Å². The Morgan fingerprint density at radius 3 is 2.31 bits per heavy atom. The summed E-state index contributed by atoms with van der Waals surface area (Å²) in [5, 5.41) is 6.58. The molecule has 0 fully saturated rings. The first-order valence-corrected chi connectivity index (χ1v) is 9.34. The fraction of sp³-hybridized carbons (Fsp3) is 0.409. The second kappa shape index (κ2) is 10.0. The Labute approximate surface area is 172 Å². The summed E-state index contributed by atoms with van der Waals surface area (Å²) in [5.41, 5.74) is 1.54. The molecule has 0 radical (unpaired) electrons. The minimum absolute atomic E-state index is 0.237. The quantitative estimate of drug-likeness (QED) is 0.522. The van der Waals surface area contributed by atoms with E-state index in [1.54, 1.807) is 40.5 Å². The minimum Gasteiger partial charge on any atom is -0.493 e. The van der Waals surface area contributed by atoms with E-state index in [-0.39, 0.29) is 11.2 Å². The Balaban J connectivity index is 2.06. The summed E-state index contributed by atoms with van der Waals surface area (Å²) in [6, 6.07) is 10.4. The van der Waals surface area contributed by atoms with Gasteiger partial charge in [0.15, 0.2) is 17.5 Å². The number of methoxy groups -OCH3 is 3. The summed E-state index contributed by atoms with van der Waals surface area (Å²) >= 11 is 0. The lowest BCUT2D eigenvalue weighted by molar-refractivity contribution is 0.322. The molecule has 2 rings (SSSR count). The first-order chi connectivity index (χ1) is 13.9. The van der Waals surface area contributed by atoms with Crippen LogP contribution in [0, 0.1) is 5.82 Å². The summed E-state index contributed by atoms with van der Waals surface area (Å²) in [7, 11) is 6.46. The van der Waals surface area contributed by atoms with Crippen molar-refractivity contribution >= 4 is 5.96 Å². The molecule has 158 valence electrons. The second-order valence-electron chi connectivity index (χ2n) is 7.17. The van der Waals surface area contributed by atoms with E-state index >= 15 is 0 Å². The number of nitrogens with zero attached hydrogens (tertiary/aromatic N) is 1. The van der Waals surface area contributed by atoms with Crippen LogP contribution in [0.3, 0.4) is 0 Å². The van der Waals surface area contributed by atoms with Gasteiger partial charge in [-0.25, -0.2) is 4.39 Å². The molecule has 0 aromatic heterocycles. The molecule has 0 heterocycles. The highest BCUT2D eigenvalue weighted by molar-refractivity contribution is 5.80. The third-order valence-electron chi connectivity index (χ3n) is 4.76. The van der Waals surface area contributed by atoms with Gasteiger partial charge in [0.05, 0.1) is 21.3 Å². The van der Waals surface area contributed by atoms with Crippen LogP contribution >= 0.6 is 0 Å². The highest BCUT2D eigenvalue weighted by Gasteiger charge is 2.22. The average Bonchev–Trinajstić information content (AvgIpc) is 2.72. The SMILES string of the molecule is CN=C(NCc1ccc(OC)c(OC)c1OC)NCC(C)(C)c1cccc(F)c1. The minimum atomic E-state index is -0.277. The summed E-state index contributed by atoms with van der Waals surface area (Å²) in [5.74, 6) is 2.15. The van der Waals surface area contributed by atoms with Gasteiger partial charge in [0.25, 0.3) is 0 Å². The van der Waals surface area contributed by atoms with Crippen LogP contribution in [0.15, 0.2) is 41.4 Å². The monoisotopic (exact) mass is 403 g/mol. The molecule has 0 amide bonds. The van der Waals surface area contributed by atoms with Crippen molar-refractivity contribution in [1.29, 1.82) is 0 Å². The summed E-state index contributed by atoms with van der Waals surface area (Å²) in [4.78, 5) is 4.27. The first kappa shape index (κ1) is 22.3. The van der Waals surface area contributed by atoms with Crippen molar-refractivity contribution < 1.29 is 18.6 Å². The van der Waals surface area contributed by atoms with Gasteiger partial charge >= 0.3 is 0 Å². The van der Waals surface area contributed by atoms with Gasteiger partial charge in [-0.3, -0.25) is 4.99 Å². The number of nitrogens with one attached hydrogen (secondary N) is 2. The second-order valence-corrected chi connectivity index (χ2v) is 7.17. The van der Waals surface area contributed by atoms with E-state index in [1.165, 1.54) is 6.07 Å². The van der Waals surface area contributed by atoms with Gasteiger partial charge in [-0.05, 0) is 29.8 Å². The van der Waals surface area contributed by atoms with Gasteiger partial charge < -0.3 is 24.8 Å². The number of halogens is 1. The third kappa shape index (κ3) is 5.53. The number of aliphatic imine (C=N–C) groups is 1. The third-order valence-corrected chi connectivity index (χ3v) is 4.76. The van der Waals surface area contributed by atoms with Crippen molar-refractivity contribution in [2.75, 3.05) is 34.9 Å². The lowest BCUT2D eigenvalue weighted by Gasteiger charge is -2.27. The normalized spacial score (nSPS) is 11.8. The Hall–Kier alpha value is -2.96.